The van der Waals surface area contributed by atoms with Crippen LogP contribution in [0.2, 0.25) is 0 Å². The summed E-state index contributed by atoms with van der Waals surface area (Å²) in [5.74, 6) is -1.26. The minimum atomic E-state index is -1.84. The minimum Gasteiger partial charge on any atom is -0.463 e. The van der Waals surface area contributed by atoms with Crippen molar-refractivity contribution in [2.24, 2.45) is 0 Å². The Morgan fingerprint density at radius 3 is 2.50 bits per heavy atom. The average Bonchev–Trinajstić information content (AvgIpc) is 2.42. The normalized spacial score (nSPS) is 33.5. The van der Waals surface area contributed by atoms with Crippen LogP contribution in [0.25, 0.3) is 0 Å². The zero-order valence-electron chi connectivity index (χ0n) is 8.88. The van der Waals surface area contributed by atoms with Crippen molar-refractivity contribution in [2.75, 3.05) is 6.61 Å². The van der Waals surface area contributed by atoms with E-state index in [1.54, 1.807) is 0 Å². The van der Waals surface area contributed by atoms with Crippen molar-refractivity contribution in [3.05, 3.63) is 0 Å². The number of aliphatic hydroxyl groups is 1. The number of alkyl halides is 1. The number of hydrogen-bond acceptors (Lipinski definition) is 6. The second-order valence-electron chi connectivity index (χ2n) is 3.39. The van der Waals surface area contributed by atoms with Gasteiger partial charge in [0.05, 0.1) is 0 Å². The van der Waals surface area contributed by atoms with Crippen LogP contribution < -0.4 is 0 Å². The van der Waals surface area contributed by atoms with E-state index in [4.69, 9.17) is 9.84 Å². The van der Waals surface area contributed by atoms with Crippen molar-refractivity contribution in [2.45, 2.75) is 38.5 Å². The van der Waals surface area contributed by atoms with Gasteiger partial charge in [-0.2, -0.15) is 0 Å². The van der Waals surface area contributed by atoms with Crippen LogP contribution in [0.3, 0.4) is 0 Å². The molecule has 0 bridgehead atoms. The molecule has 0 radical (unpaired) electrons. The summed E-state index contributed by atoms with van der Waals surface area (Å²) in [6, 6.07) is 0. The van der Waals surface area contributed by atoms with Crippen LogP contribution in [0.1, 0.15) is 13.8 Å². The SMILES string of the molecule is CC(=O)OC[C@@H]1O[C@H](O)[C@@H](F)[C@H]1OC(C)=O. The van der Waals surface area contributed by atoms with Gasteiger partial charge < -0.3 is 19.3 Å². The lowest BCUT2D eigenvalue weighted by Crippen LogP contribution is -2.36. The summed E-state index contributed by atoms with van der Waals surface area (Å²) in [5, 5.41) is 9.09. The molecule has 1 N–H and O–H groups in total. The number of esters is 2. The number of carbonyl (C=O) groups is 2. The van der Waals surface area contributed by atoms with Crippen molar-refractivity contribution in [1.29, 1.82) is 0 Å². The van der Waals surface area contributed by atoms with E-state index in [0.29, 0.717) is 0 Å². The Hall–Kier alpha value is -1.21. The van der Waals surface area contributed by atoms with Crippen LogP contribution in [0.15, 0.2) is 0 Å². The van der Waals surface area contributed by atoms with E-state index >= 15 is 0 Å². The van der Waals surface area contributed by atoms with Gasteiger partial charge in [-0.25, -0.2) is 4.39 Å². The highest BCUT2D eigenvalue weighted by molar-refractivity contribution is 5.66. The minimum absolute atomic E-state index is 0.273. The standard InChI is InChI=1S/C9H13FO6/c1-4(11)14-3-6-8(15-5(2)12)7(10)9(13)16-6/h6-9,13H,3H2,1-2H3/t6-,7-,8-,9-/m0/s1. The molecule has 0 amide bonds. The highest BCUT2D eigenvalue weighted by Gasteiger charge is 2.47. The van der Waals surface area contributed by atoms with Crippen molar-refractivity contribution in [1.82, 2.24) is 0 Å². The number of hydrogen-bond donors (Lipinski definition) is 1. The Bertz CT molecular complexity index is 281. The number of rotatable bonds is 3. The predicted octanol–water partition coefficient (Wildman–Crippen LogP) is -0.464. The lowest BCUT2D eigenvalue weighted by atomic mass is 10.1. The van der Waals surface area contributed by atoms with Crippen LogP contribution in [-0.2, 0) is 23.8 Å². The Kier molecular flexibility index (Phi) is 4.19. The summed E-state index contributed by atoms with van der Waals surface area (Å²) in [6.07, 6.45) is -5.76. The molecule has 92 valence electrons. The van der Waals surface area contributed by atoms with Crippen LogP contribution in [-0.4, -0.2) is 48.3 Å². The van der Waals surface area contributed by atoms with E-state index in [-0.39, 0.29) is 6.61 Å². The maximum absolute atomic E-state index is 13.3. The van der Waals surface area contributed by atoms with Crippen molar-refractivity contribution in [3.63, 3.8) is 0 Å². The Labute approximate surface area is 91.3 Å². The van der Waals surface area contributed by atoms with E-state index in [1.807, 2.05) is 0 Å². The maximum atomic E-state index is 13.3. The van der Waals surface area contributed by atoms with Gasteiger partial charge in [-0.05, 0) is 0 Å². The molecule has 0 saturated carbocycles. The van der Waals surface area contributed by atoms with Gasteiger partial charge in [0.1, 0.15) is 12.7 Å². The second-order valence-corrected chi connectivity index (χ2v) is 3.39. The summed E-state index contributed by atoms with van der Waals surface area (Å²) in [5.41, 5.74) is 0. The smallest absolute Gasteiger partial charge is 0.303 e. The van der Waals surface area contributed by atoms with Gasteiger partial charge >= 0.3 is 11.9 Å². The Morgan fingerprint density at radius 2 is 2.00 bits per heavy atom. The molecular weight excluding hydrogens is 223 g/mol. The fourth-order valence-corrected chi connectivity index (χ4v) is 1.37. The Morgan fingerprint density at radius 1 is 1.38 bits per heavy atom. The summed E-state index contributed by atoms with van der Waals surface area (Å²) in [6.45, 7) is 2.02. The molecule has 1 rings (SSSR count). The highest BCUT2D eigenvalue weighted by atomic mass is 19.1. The quantitative estimate of drug-likeness (QED) is 0.667. The van der Waals surface area contributed by atoms with E-state index in [0.717, 1.165) is 6.92 Å². The van der Waals surface area contributed by atoms with Gasteiger partial charge in [-0.3, -0.25) is 9.59 Å². The molecule has 1 saturated heterocycles. The first-order valence-corrected chi connectivity index (χ1v) is 4.70. The third-order valence-electron chi connectivity index (χ3n) is 2.02. The summed E-state index contributed by atoms with van der Waals surface area (Å²) in [4.78, 5) is 21.3. The zero-order chi connectivity index (χ0) is 12.3. The first kappa shape index (κ1) is 12.9. The molecule has 0 aromatic rings. The molecule has 0 aromatic heterocycles. The van der Waals surface area contributed by atoms with E-state index in [1.165, 1.54) is 6.92 Å². The molecule has 0 aliphatic carbocycles. The third-order valence-corrected chi connectivity index (χ3v) is 2.02. The number of halogens is 1. The fourth-order valence-electron chi connectivity index (χ4n) is 1.37. The van der Waals surface area contributed by atoms with Gasteiger partial charge in [0, 0.05) is 13.8 Å². The monoisotopic (exact) mass is 236 g/mol. The van der Waals surface area contributed by atoms with Crippen LogP contribution in [0, 0.1) is 0 Å². The predicted molar refractivity (Wildman–Crippen MR) is 48.0 cm³/mol. The average molecular weight is 236 g/mol. The third kappa shape index (κ3) is 3.14. The molecule has 4 atom stereocenters. The zero-order valence-corrected chi connectivity index (χ0v) is 8.88. The molecular formula is C9H13FO6. The fraction of sp³-hybridized carbons (Fsp3) is 0.778. The molecule has 0 unspecified atom stereocenters. The molecule has 1 aliphatic rings. The summed E-state index contributed by atoms with van der Waals surface area (Å²) in [7, 11) is 0. The molecule has 0 spiro atoms. The van der Waals surface area contributed by atoms with Crippen molar-refractivity contribution in [3.8, 4) is 0 Å². The van der Waals surface area contributed by atoms with Crippen LogP contribution in [0.5, 0.6) is 0 Å². The largest absolute Gasteiger partial charge is 0.463 e. The summed E-state index contributed by atoms with van der Waals surface area (Å²) < 4.78 is 27.3. The van der Waals surface area contributed by atoms with Gasteiger partial charge in [0.2, 0.25) is 0 Å². The maximum Gasteiger partial charge on any atom is 0.303 e. The molecule has 1 heterocycles. The first-order chi connectivity index (χ1) is 7.41. The number of carbonyl (C=O) groups excluding carboxylic acids is 2. The van der Waals surface area contributed by atoms with Gasteiger partial charge in [0.25, 0.3) is 0 Å². The number of aliphatic hydroxyl groups excluding tert-OH is 1. The topological polar surface area (TPSA) is 82.1 Å². The number of ether oxygens (including phenoxy) is 3. The molecule has 0 aromatic carbocycles. The lowest BCUT2D eigenvalue weighted by molar-refractivity contribution is -0.159. The summed E-state index contributed by atoms with van der Waals surface area (Å²) >= 11 is 0. The molecule has 7 heteroatoms. The Balaban J connectivity index is 2.59. The van der Waals surface area contributed by atoms with Crippen LogP contribution in [0.4, 0.5) is 4.39 Å². The molecule has 6 nitrogen and oxygen atoms in total. The van der Waals surface area contributed by atoms with Gasteiger partial charge in [0.15, 0.2) is 18.6 Å². The van der Waals surface area contributed by atoms with E-state index in [2.05, 4.69) is 9.47 Å². The molecule has 1 aliphatic heterocycles. The first-order valence-electron chi connectivity index (χ1n) is 4.70. The van der Waals surface area contributed by atoms with Crippen LogP contribution >= 0.6 is 0 Å². The van der Waals surface area contributed by atoms with E-state index < -0.39 is 36.6 Å². The lowest BCUT2D eigenvalue weighted by Gasteiger charge is -2.18. The molecule has 1 fully saturated rings. The second kappa shape index (κ2) is 5.22. The van der Waals surface area contributed by atoms with Crippen molar-refractivity contribution < 1.29 is 33.3 Å². The molecule has 16 heavy (non-hydrogen) atoms. The van der Waals surface area contributed by atoms with Gasteiger partial charge in [-0.1, -0.05) is 0 Å². The van der Waals surface area contributed by atoms with Crippen molar-refractivity contribution >= 4 is 11.9 Å². The van der Waals surface area contributed by atoms with Gasteiger partial charge in [-0.15, -0.1) is 0 Å². The van der Waals surface area contributed by atoms with E-state index in [9.17, 15) is 14.0 Å². The highest BCUT2D eigenvalue weighted by Crippen LogP contribution is 2.25.